The zero-order chi connectivity index (χ0) is 14.7. The van der Waals surface area contributed by atoms with E-state index in [9.17, 15) is 0 Å². The quantitative estimate of drug-likeness (QED) is 0.843. The maximum absolute atomic E-state index is 8.67. The fourth-order valence-corrected chi connectivity index (χ4v) is 2.53. The van der Waals surface area contributed by atoms with Crippen molar-refractivity contribution in [3.8, 4) is 23.4 Å². The lowest BCUT2D eigenvalue weighted by molar-refractivity contribution is 0.867. The average molecular weight is 275 g/mol. The highest BCUT2D eigenvalue weighted by Crippen LogP contribution is 2.30. The van der Waals surface area contributed by atoms with Crippen molar-refractivity contribution in [2.24, 2.45) is 0 Å². The van der Waals surface area contributed by atoms with Gasteiger partial charge in [-0.2, -0.15) is 15.6 Å². The Kier molecular flexibility index (Phi) is 3.41. The summed E-state index contributed by atoms with van der Waals surface area (Å²) in [5, 5.41) is 27.8. The van der Waals surface area contributed by atoms with Gasteiger partial charge in [0.2, 0.25) is 0 Å². The Balaban J connectivity index is 1.80. The highest BCUT2D eigenvalue weighted by molar-refractivity contribution is 5.67. The van der Waals surface area contributed by atoms with Crippen LogP contribution in [-0.2, 0) is 12.8 Å². The first-order valence-corrected chi connectivity index (χ1v) is 6.75. The Hall–Kier alpha value is -3.05. The molecule has 0 unspecified atom stereocenters. The minimum Gasteiger partial charge on any atom is -0.360 e. The number of H-pyrrole nitrogens is 1. The zero-order valence-corrected chi connectivity index (χ0v) is 11.3. The van der Waals surface area contributed by atoms with Crippen molar-refractivity contribution < 1.29 is 0 Å². The van der Waals surface area contributed by atoms with Crippen LogP contribution < -0.4 is 5.32 Å². The van der Waals surface area contributed by atoms with E-state index in [1.165, 1.54) is 23.9 Å². The predicted octanol–water partition coefficient (Wildman–Crippen LogP) is 2.91. The molecule has 1 aromatic heterocycles. The van der Waals surface area contributed by atoms with Gasteiger partial charge in [0.1, 0.15) is 17.7 Å². The van der Waals surface area contributed by atoms with Crippen molar-refractivity contribution in [3.63, 3.8) is 0 Å². The molecule has 1 aromatic carbocycles. The number of nitrogens with zero attached hydrogens (tertiary/aromatic N) is 3. The van der Waals surface area contributed by atoms with Gasteiger partial charge < -0.3 is 5.32 Å². The summed E-state index contributed by atoms with van der Waals surface area (Å²) < 4.78 is 0. The summed E-state index contributed by atoms with van der Waals surface area (Å²) in [5.41, 5.74) is 5.55. The monoisotopic (exact) mass is 275 g/mol. The second kappa shape index (κ2) is 5.52. The smallest absolute Gasteiger partial charge is 0.145 e. The summed E-state index contributed by atoms with van der Waals surface area (Å²) in [6.07, 6.45) is 4.75. The van der Waals surface area contributed by atoms with Crippen molar-refractivity contribution >= 4 is 5.69 Å². The Labute approximate surface area is 122 Å². The van der Waals surface area contributed by atoms with Crippen LogP contribution in [0.3, 0.4) is 0 Å². The molecule has 0 atom stereocenters. The van der Waals surface area contributed by atoms with Crippen molar-refractivity contribution in [1.82, 2.24) is 10.2 Å². The molecule has 0 amide bonds. The van der Waals surface area contributed by atoms with E-state index in [0.717, 1.165) is 29.8 Å². The molecule has 0 saturated carbocycles. The summed E-state index contributed by atoms with van der Waals surface area (Å²) in [6, 6.07) is 11.4. The average Bonchev–Trinajstić information content (AvgIpc) is 3.12. The number of rotatable bonds is 3. The number of hydrogen-bond donors (Lipinski definition) is 2. The van der Waals surface area contributed by atoms with Crippen LogP contribution in [0.2, 0.25) is 0 Å². The fraction of sp³-hybridized carbons (Fsp3) is 0.188. The zero-order valence-electron chi connectivity index (χ0n) is 11.3. The molecule has 5 nitrogen and oxygen atoms in total. The van der Waals surface area contributed by atoms with Gasteiger partial charge in [-0.05, 0) is 31.4 Å². The number of benzene rings is 1. The molecule has 0 radical (unpaired) electrons. The van der Waals surface area contributed by atoms with Gasteiger partial charge in [0.05, 0.1) is 5.69 Å². The summed E-state index contributed by atoms with van der Waals surface area (Å²) in [4.78, 5) is 0. The molecular formula is C16H13N5. The third-order valence-corrected chi connectivity index (χ3v) is 3.59. The van der Waals surface area contributed by atoms with E-state index in [1.54, 1.807) is 0 Å². The van der Waals surface area contributed by atoms with Crippen LogP contribution in [0.4, 0.5) is 5.69 Å². The lowest BCUT2D eigenvalue weighted by Crippen LogP contribution is -1.90. The molecule has 0 bridgehead atoms. The molecule has 0 spiro atoms. The molecule has 2 aromatic rings. The van der Waals surface area contributed by atoms with Crippen molar-refractivity contribution in [2.75, 3.05) is 5.32 Å². The molecule has 1 aliphatic carbocycles. The van der Waals surface area contributed by atoms with E-state index in [0.29, 0.717) is 0 Å². The maximum atomic E-state index is 8.67. The van der Waals surface area contributed by atoms with Gasteiger partial charge in [-0.15, -0.1) is 0 Å². The van der Waals surface area contributed by atoms with E-state index >= 15 is 0 Å². The highest BCUT2D eigenvalue weighted by atomic mass is 15.1. The predicted molar refractivity (Wildman–Crippen MR) is 79.0 cm³/mol. The number of hydrogen-bond acceptors (Lipinski definition) is 4. The Morgan fingerprint density at radius 2 is 1.95 bits per heavy atom. The standard InChI is InChI=1S/C16H13N5/c17-8-11(9-18)10-19-13-6-4-12(5-7-13)16-14-2-1-3-15(14)20-21-16/h4-7,10,19H,1-3H2,(H,20,21). The molecular weight excluding hydrogens is 262 g/mol. The molecule has 102 valence electrons. The largest absolute Gasteiger partial charge is 0.360 e. The number of aromatic nitrogens is 2. The summed E-state index contributed by atoms with van der Waals surface area (Å²) in [6.45, 7) is 0. The van der Waals surface area contributed by atoms with E-state index in [-0.39, 0.29) is 5.57 Å². The molecule has 1 heterocycles. The Morgan fingerprint density at radius 1 is 1.19 bits per heavy atom. The van der Waals surface area contributed by atoms with Crippen molar-refractivity contribution in [1.29, 1.82) is 10.5 Å². The molecule has 0 fully saturated rings. The summed E-state index contributed by atoms with van der Waals surface area (Å²) in [7, 11) is 0. The lowest BCUT2D eigenvalue weighted by Gasteiger charge is -2.03. The SMILES string of the molecule is N#CC(C#N)=CNc1ccc(-c2n[nH]c3c2CCC3)cc1. The number of aryl methyl sites for hydroxylation is 1. The van der Waals surface area contributed by atoms with Gasteiger partial charge in [-0.25, -0.2) is 0 Å². The van der Waals surface area contributed by atoms with Crippen LogP contribution >= 0.6 is 0 Å². The van der Waals surface area contributed by atoms with Gasteiger partial charge in [-0.1, -0.05) is 12.1 Å². The van der Waals surface area contributed by atoms with E-state index < -0.39 is 0 Å². The minimum atomic E-state index is 0.0456. The van der Waals surface area contributed by atoms with E-state index in [1.807, 2.05) is 36.4 Å². The first-order valence-electron chi connectivity index (χ1n) is 6.75. The molecule has 2 N–H and O–H groups in total. The Bertz CT molecular complexity index is 752. The first kappa shape index (κ1) is 13.0. The number of aromatic amines is 1. The van der Waals surface area contributed by atoms with Crippen molar-refractivity contribution in [2.45, 2.75) is 19.3 Å². The number of nitrogens with one attached hydrogen (secondary N) is 2. The van der Waals surface area contributed by atoms with Crippen LogP contribution in [0.15, 0.2) is 36.0 Å². The molecule has 21 heavy (non-hydrogen) atoms. The molecule has 5 heteroatoms. The van der Waals surface area contributed by atoms with E-state index in [4.69, 9.17) is 10.5 Å². The number of fused-ring (bicyclic) bond motifs is 1. The van der Waals surface area contributed by atoms with Crippen LogP contribution in [0, 0.1) is 22.7 Å². The first-order chi connectivity index (χ1) is 10.3. The maximum Gasteiger partial charge on any atom is 0.145 e. The molecule has 3 rings (SSSR count). The normalized spacial score (nSPS) is 12.1. The fourth-order valence-electron chi connectivity index (χ4n) is 2.53. The Morgan fingerprint density at radius 3 is 2.67 bits per heavy atom. The third-order valence-electron chi connectivity index (χ3n) is 3.59. The lowest BCUT2D eigenvalue weighted by atomic mass is 10.1. The van der Waals surface area contributed by atoms with Gasteiger partial charge in [0.25, 0.3) is 0 Å². The van der Waals surface area contributed by atoms with Gasteiger partial charge in [0, 0.05) is 28.7 Å². The minimum absolute atomic E-state index is 0.0456. The second-order valence-corrected chi connectivity index (χ2v) is 4.89. The molecule has 1 aliphatic rings. The number of nitriles is 2. The van der Waals surface area contributed by atoms with Crippen LogP contribution in [-0.4, -0.2) is 10.2 Å². The molecule has 0 saturated heterocycles. The van der Waals surface area contributed by atoms with Crippen molar-refractivity contribution in [3.05, 3.63) is 47.3 Å². The van der Waals surface area contributed by atoms with Crippen LogP contribution in [0.25, 0.3) is 11.3 Å². The van der Waals surface area contributed by atoms with Crippen LogP contribution in [0.5, 0.6) is 0 Å². The van der Waals surface area contributed by atoms with Gasteiger partial charge in [0.15, 0.2) is 0 Å². The van der Waals surface area contributed by atoms with Gasteiger partial charge >= 0.3 is 0 Å². The number of allylic oxidation sites excluding steroid dienone is 1. The van der Waals surface area contributed by atoms with Crippen LogP contribution in [0.1, 0.15) is 17.7 Å². The van der Waals surface area contributed by atoms with E-state index in [2.05, 4.69) is 15.5 Å². The second-order valence-electron chi connectivity index (χ2n) is 4.89. The number of anilines is 1. The topological polar surface area (TPSA) is 88.3 Å². The third kappa shape index (κ3) is 2.50. The van der Waals surface area contributed by atoms with Gasteiger partial charge in [-0.3, -0.25) is 5.10 Å². The summed E-state index contributed by atoms with van der Waals surface area (Å²) in [5.74, 6) is 0. The highest BCUT2D eigenvalue weighted by Gasteiger charge is 2.19. The summed E-state index contributed by atoms with van der Waals surface area (Å²) >= 11 is 0. The molecule has 0 aliphatic heterocycles.